The quantitative estimate of drug-likeness (QED) is 0.746. The predicted molar refractivity (Wildman–Crippen MR) is 67.5 cm³/mol. The molecule has 0 aliphatic heterocycles. The first kappa shape index (κ1) is 11.3. The molecule has 3 rings (SSSR count). The van der Waals surface area contributed by atoms with Gasteiger partial charge < -0.3 is 9.52 Å². The Balaban J connectivity index is 1.95. The zero-order valence-electron chi connectivity index (χ0n) is 9.99. The van der Waals surface area contributed by atoms with Gasteiger partial charge in [-0.3, -0.25) is 10.00 Å². The highest BCUT2D eigenvalue weighted by Crippen LogP contribution is 2.22. The second-order valence-electron chi connectivity index (χ2n) is 4.01. The van der Waals surface area contributed by atoms with Crippen LogP contribution in [0.3, 0.4) is 0 Å². The van der Waals surface area contributed by atoms with Crippen molar-refractivity contribution in [3.63, 3.8) is 0 Å². The summed E-state index contributed by atoms with van der Waals surface area (Å²) in [4.78, 5) is 15.1. The van der Waals surface area contributed by atoms with Gasteiger partial charge in [0.25, 0.3) is 0 Å². The standard InChI is InChI=1S/C12H10N4O3/c1-16-5-4-10(15-16)14-12-13-8-3-2-7(11(17)18)6-9(8)19-12/h2-6H,1H3,(H,17,18)(H,13,14,15). The van der Waals surface area contributed by atoms with Gasteiger partial charge in [-0.25, -0.2) is 4.79 Å². The van der Waals surface area contributed by atoms with Gasteiger partial charge in [0.1, 0.15) is 5.52 Å². The Morgan fingerprint density at radius 2 is 2.26 bits per heavy atom. The van der Waals surface area contributed by atoms with Crippen LogP contribution in [-0.2, 0) is 7.05 Å². The third kappa shape index (κ3) is 2.13. The molecular formula is C12H10N4O3. The van der Waals surface area contributed by atoms with E-state index in [4.69, 9.17) is 9.52 Å². The predicted octanol–water partition coefficient (Wildman–Crippen LogP) is 2.00. The number of nitrogens with zero attached hydrogens (tertiary/aromatic N) is 3. The molecule has 19 heavy (non-hydrogen) atoms. The average molecular weight is 258 g/mol. The van der Waals surface area contributed by atoms with Gasteiger partial charge in [-0.1, -0.05) is 0 Å². The topological polar surface area (TPSA) is 93.2 Å². The molecule has 96 valence electrons. The molecule has 0 saturated heterocycles. The number of aromatic carboxylic acids is 1. The molecule has 0 amide bonds. The Kier molecular flexibility index (Phi) is 2.45. The van der Waals surface area contributed by atoms with Crippen LogP contribution in [0.4, 0.5) is 11.8 Å². The number of aryl methyl sites for hydroxylation is 1. The summed E-state index contributed by atoms with van der Waals surface area (Å²) in [5.74, 6) is -0.398. The van der Waals surface area contributed by atoms with Crippen molar-refractivity contribution in [1.82, 2.24) is 14.8 Å². The van der Waals surface area contributed by atoms with Crippen LogP contribution < -0.4 is 5.32 Å². The van der Waals surface area contributed by atoms with Crippen molar-refractivity contribution in [3.05, 3.63) is 36.0 Å². The van der Waals surface area contributed by atoms with Gasteiger partial charge >= 0.3 is 12.0 Å². The van der Waals surface area contributed by atoms with Crippen molar-refractivity contribution in [1.29, 1.82) is 0 Å². The van der Waals surface area contributed by atoms with E-state index in [2.05, 4.69) is 15.4 Å². The summed E-state index contributed by atoms with van der Waals surface area (Å²) in [7, 11) is 1.80. The molecule has 2 aromatic heterocycles. The minimum atomic E-state index is -1.00. The Bertz CT molecular complexity index is 759. The molecule has 0 aliphatic rings. The van der Waals surface area contributed by atoms with Crippen LogP contribution >= 0.6 is 0 Å². The largest absolute Gasteiger partial charge is 0.478 e. The van der Waals surface area contributed by atoms with E-state index < -0.39 is 5.97 Å². The molecule has 0 unspecified atom stereocenters. The minimum Gasteiger partial charge on any atom is -0.478 e. The average Bonchev–Trinajstić information content (AvgIpc) is 2.94. The molecule has 0 atom stereocenters. The molecule has 1 aromatic carbocycles. The fourth-order valence-electron chi connectivity index (χ4n) is 1.70. The van der Waals surface area contributed by atoms with E-state index in [9.17, 15) is 4.79 Å². The van der Waals surface area contributed by atoms with Crippen molar-refractivity contribution in [2.75, 3.05) is 5.32 Å². The van der Waals surface area contributed by atoms with Crippen LogP contribution in [-0.4, -0.2) is 25.8 Å². The number of benzene rings is 1. The van der Waals surface area contributed by atoms with Gasteiger partial charge in [0, 0.05) is 19.3 Å². The van der Waals surface area contributed by atoms with Crippen molar-refractivity contribution >= 4 is 28.9 Å². The highest BCUT2D eigenvalue weighted by molar-refractivity contribution is 5.92. The number of carbonyl (C=O) groups is 1. The van der Waals surface area contributed by atoms with Gasteiger partial charge in [0.05, 0.1) is 5.56 Å². The van der Waals surface area contributed by atoms with Crippen LogP contribution in [0.15, 0.2) is 34.9 Å². The fourth-order valence-corrected chi connectivity index (χ4v) is 1.70. The second kappa shape index (κ2) is 4.13. The lowest BCUT2D eigenvalue weighted by Gasteiger charge is -1.94. The molecular weight excluding hydrogens is 248 g/mol. The number of hydrogen-bond acceptors (Lipinski definition) is 5. The van der Waals surface area contributed by atoms with E-state index >= 15 is 0 Å². The normalized spacial score (nSPS) is 10.8. The van der Waals surface area contributed by atoms with Crippen molar-refractivity contribution in [2.45, 2.75) is 0 Å². The number of nitrogens with one attached hydrogen (secondary N) is 1. The number of rotatable bonds is 3. The molecule has 3 aromatic rings. The molecule has 2 N–H and O–H groups in total. The first-order chi connectivity index (χ1) is 9.11. The number of anilines is 2. The lowest BCUT2D eigenvalue weighted by Crippen LogP contribution is -1.94. The van der Waals surface area contributed by atoms with Crippen LogP contribution in [0.5, 0.6) is 0 Å². The SMILES string of the molecule is Cn1ccc(Nc2nc3ccc(C(=O)O)cc3o2)n1. The van der Waals surface area contributed by atoms with Gasteiger partial charge in [-0.05, 0) is 18.2 Å². The van der Waals surface area contributed by atoms with Crippen LogP contribution in [0.2, 0.25) is 0 Å². The lowest BCUT2D eigenvalue weighted by atomic mass is 10.2. The van der Waals surface area contributed by atoms with Crippen LogP contribution in [0.1, 0.15) is 10.4 Å². The Labute approximate surface area is 107 Å². The van der Waals surface area contributed by atoms with E-state index in [-0.39, 0.29) is 11.6 Å². The smallest absolute Gasteiger partial charge is 0.335 e. The molecule has 0 fully saturated rings. The zero-order valence-corrected chi connectivity index (χ0v) is 9.99. The van der Waals surface area contributed by atoms with E-state index in [0.717, 1.165) is 0 Å². The summed E-state index contributed by atoms with van der Waals surface area (Å²) in [5.41, 5.74) is 1.16. The fraction of sp³-hybridized carbons (Fsp3) is 0.0833. The second-order valence-corrected chi connectivity index (χ2v) is 4.01. The monoisotopic (exact) mass is 258 g/mol. The van der Waals surface area contributed by atoms with E-state index in [1.54, 1.807) is 30.1 Å². The molecule has 7 heteroatoms. The number of fused-ring (bicyclic) bond motifs is 1. The first-order valence-corrected chi connectivity index (χ1v) is 5.52. The third-order valence-electron chi connectivity index (χ3n) is 2.58. The van der Waals surface area contributed by atoms with Crippen LogP contribution in [0, 0.1) is 0 Å². The highest BCUT2D eigenvalue weighted by atomic mass is 16.4. The highest BCUT2D eigenvalue weighted by Gasteiger charge is 2.10. The van der Waals surface area contributed by atoms with Crippen molar-refractivity contribution < 1.29 is 14.3 Å². The Morgan fingerprint density at radius 1 is 1.42 bits per heavy atom. The first-order valence-electron chi connectivity index (χ1n) is 5.52. The number of aromatic nitrogens is 3. The van der Waals surface area contributed by atoms with Gasteiger partial charge in [0.15, 0.2) is 11.4 Å². The van der Waals surface area contributed by atoms with Crippen LogP contribution in [0.25, 0.3) is 11.1 Å². The Hall–Kier alpha value is -2.83. The summed E-state index contributed by atoms with van der Waals surface area (Å²) < 4.78 is 7.08. The van der Waals surface area contributed by atoms with Gasteiger partial charge in [-0.2, -0.15) is 10.1 Å². The molecule has 0 aliphatic carbocycles. The summed E-state index contributed by atoms with van der Waals surface area (Å²) in [6.07, 6.45) is 1.79. The zero-order chi connectivity index (χ0) is 13.4. The summed E-state index contributed by atoms with van der Waals surface area (Å²) in [5, 5.41) is 15.9. The maximum atomic E-state index is 10.9. The molecule has 7 nitrogen and oxygen atoms in total. The molecule has 0 spiro atoms. The van der Waals surface area contributed by atoms with E-state index in [1.165, 1.54) is 12.1 Å². The van der Waals surface area contributed by atoms with Gasteiger partial charge in [0.2, 0.25) is 0 Å². The molecule has 2 heterocycles. The lowest BCUT2D eigenvalue weighted by molar-refractivity contribution is 0.0697. The maximum absolute atomic E-state index is 10.9. The summed E-state index contributed by atoms with van der Waals surface area (Å²) in [6.45, 7) is 0. The van der Waals surface area contributed by atoms with Crippen molar-refractivity contribution in [3.8, 4) is 0 Å². The van der Waals surface area contributed by atoms with E-state index in [0.29, 0.717) is 16.9 Å². The Morgan fingerprint density at radius 3 is 2.95 bits per heavy atom. The number of hydrogen-bond donors (Lipinski definition) is 2. The maximum Gasteiger partial charge on any atom is 0.335 e. The third-order valence-corrected chi connectivity index (χ3v) is 2.58. The molecule has 0 bridgehead atoms. The van der Waals surface area contributed by atoms with Crippen molar-refractivity contribution in [2.24, 2.45) is 7.05 Å². The van der Waals surface area contributed by atoms with Gasteiger partial charge in [-0.15, -0.1) is 0 Å². The van der Waals surface area contributed by atoms with E-state index in [1.807, 2.05) is 0 Å². The molecule has 0 saturated carbocycles. The summed E-state index contributed by atoms with van der Waals surface area (Å²) in [6, 6.07) is 6.58. The number of oxazole rings is 1. The minimum absolute atomic E-state index is 0.160. The summed E-state index contributed by atoms with van der Waals surface area (Å²) >= 11 is 0. The number of carboxylic acids is 1. The number of carboxylic acid groups (broad SMARTS) is 1. The molecule has 0 radical (unpaired) electrons.